The van der Waals surface area contributed by atoms with E-state index >= 15 is 0 Å². The van der Waals surface area contributed by atoms with Crippen LogP contribution in [-0.2, 0) is 19.6 Å². The van der Waals surface area contributed by atoms with Crippen LogP contribution in [0.3, 0.4) is 0 Å². The zero-order valence-corrected chi connectivity index (χ0v) is 20.1. The Morgan fingerprint density at radius 2 is 1.89 bits per heavy atom. The molecule has 1 N–H and O–H groups in total. The number of carbonyl (C=O) groups is 1. The van der Waals surface area contributed by atoms with Crippen molar-refractivity contribution in [3.8, 4) is 17.2 Å². The number of nitrogens with zero attached hydrogens (tertiary/aromatic N) is 1. The molecule has 4 aromatic rings. The Hall–Kier alpha value is -4.03. The van der Waals surface area contributed by atoms with Crippen LogP contribution in [0.1, 0.15) is 34.0 Å². The molecule has 35 heavy (non-hydrogen) atoms. The zero-order chi connectivity index (χ0) is 24.5. The fraction of sp³-hybridized carbons (Fsp3) is 0.207. The third kappa shape index (κ3) is 4.29. The van der Waals surface area contributed by atoms with Gasteiger partial charge in [0.1, 0.15) is 24.6 Å². The number of methoxy groups -OCH3 is 1. The van der Waals surface area contributed by atoms with Gasteiger partial charge in [0.2, 0.25) is 5.78 Å². The van der Waals surface area contributed by atoms with Gasteiger partial charge in [-0.1, -0.05) is 42.1 Å². The molecule has 1 atom stereocenters. The van der Waals surface area contributed by atoms with E-state index in [9.17, 15) is 9.90 Å². The van der Waals surface area contributed by atoms with E-state index in [-0.39, 0.29) is 17.3 Å². The molecule has 0 saturated heterocycles. The Morgan fingerprint density at radius 3 is 2.63 bits per heavy atom. The van der Waals surface area contributed by atoms with Gasteiger partial charge in [0.15, 0.2) is 5.76 Å². The lowest BCUT2D eigenvalue weighted by atomic mass is 10.0. The van der Waals surface area contributed by atoms with E-state index in [0.717, 1.165) is 40.2 Å². The van der Waals surface area contributed by atoms with Crippen LogP contribution in [0.2, 0.25) is 0 Å². The van der Waals surface area contributed by atoms with Gasteiger partial charge in [0.25, 0.3) is 0 Å². The highest BCUT2D eigenvalue weighted by molar-refractivity contribution is 6.15. The minimum Gasteiger partial charge on any atom is -0.872 e. The summed E-state index contributed by atoms with van der Waals surface area (Å²) in [4.78, 5) is 14.4. The van der Waals surface area contributed by atoms with E-state index in [1.807, 2.05) is 49.6 Å². The molecule has 0 saturated carbocycles. The Labute approximate surface area is 204 Å². The van der Waals surface area contributed by atoms with Crippen LogP contribution in [0.25, 0.3) is 17.0 Å². The number of aromatic nitrogens is 1. The van der Waals surface area contributed by atoms with Crippen molar-refractivity contribution in [1.82, 2.24) is 4.57 Å². The van der Waals surface area contributed by atoms with Crippen LogP contribution in [-0.4, -0.2) is 24.5 Å². The molecule has 2 heterocycles. The number of hydrogen-bond donors (Lipinski definition) is 1. The van der Waals surface area contributed by atoms with Crippen molar-refractivity contribution in [2.24, 2.45) is 0 Å². The monoisotopic (exact) mass is 468 g/mol. The molecule has 0 radical (unpaired) electrons. The summed E-state index contributed by atoms with van der Waals surface area (Å²) < 4.78 is 13.6. The van der Waals surface area contributed by atoms with Crippen LogP contribution < -0.4 is 19.5 Å². The Bertz CT molecular complexity index is 1440. The summed E-state index contributed by atoms with van der Waals surface area (Å²) >= 11 is 0. The van der Waals surface area contributed by atoms with E-state index in [4.69, 9.17) is 9.47 Å². The van der Waals surface area contributed by atoms with Gasteiger partial charge in [-0.3, -0.25) is 4.79 Å². The first-order valence-corrected chi connectivity index (χ1v) is 11.8. The maximum Gasteiger partial charge on any atom is 0.231 e. The second-order valence-electron chi connectivity index (χ2n) is 8.91. The topological polar surface area (TPSA) is 68.0 Å². The number of ether oxygens (including phenoxy) is 2. The minimum atomic E-state index is -0.206. The summed E-state index contributed by atoms with van der Waals surface area (Å²) in [6.45, 7) is 4.09. The summed E-state index contributed by atoms with van der Waals surface area (Å²) in [5.41, 5.74) is 4.08. The summed E-state index contributed by atoms with van der Waals surface area (Å²) in [6.07, 6.45) is 3.78. The highest BCUT2D eigenvalue weighted by atomic mass is 16.5. The minimum absolute atomic E-state index is 0.113. The largest absolute Gasteiger partial charge is 0.872 e. The SMILES string of the molecule is CCn1cc(C=C2Oc3c(ccc([O-])c3C[NH+](C)Cc3ccccc3)C2=O)c2cc(OC)ccc21. The molecule has 6 nitrogen and oxygen atoms in total. The van der Waals surface area contributed by atoms with Crippen molar-refractivity contribution in [2.45, 2.75) is 26.6 Å². The lowest BCUT2D eigenvalue weighted by Gasteiger charge is -2.20. The third-order valence-electron chi connectivity index (χ3n) is 6.47. The fourth-order valence-electron chi connectivity index (χ4n) is 4.71. The van der Waals surface area contributed by atoms with Gasteiger partial charge in [-0.15, -0.1) is 0 Å². The van der Waals surface area contributed by atoms with Crippen molar-refractivity contribution in [2.75, 3.05) is 14.2 Å². The number of hydrogen-bond acceptors (Lipinski definition) is 4. The van der Waals surface area contributed by atoms with E-state index in [1.54, 1.807) is 19.3 Å². The number of nitrogens with one attached hydrogen (secondary N) is 1. The first kappa shape index (κ1) is 22.7. The number of ketones is 1. The molecule has 0 bridgehead atoms. The number of carbonyl (C=O) groups excluding carboxylic acids is 1. The lowest BCUT2D eigenvalue weighted by Crippen LogP contribution is -3.06. The molecular weight excluding hydrogens is 440 g/mol. The number of allylic oxidation sites excluding steroid dienone is 1. The van der Waals surface area contributed by atoms with Crippen molar-refractivity contribution in [3.05, 3.63) is 94.9 Å². The van der Waals surface area contributed by atoms with Crippen LogP contribution in [0, 0.1) is 0 Å². The molecule has 0 aliphatic carbocycles. The lowest BCUT2D eigenvalue weighted by molar-refractivity contribution is -0.907. The normalized spacial score (nSPS) is 14.8. The highest BCUT2D eigenvalue weighted by Gasteiger charge is 2.31. The molecule has 1 aromatic heterocycles. The third-order valence-corrected chi connectivity index (χ3v) is 6.47. The van der Waals surface area contributed by atoms with Gasteiger partial charge in [0.05, 0.1) is 19.7 Å². The van der Waals surface area contributed by atoms with E-state index in [2.05, 4.69) is 23.6 Å². The van der Waals surface area contributed by atoms with Crippen LogP contribution in [0.5, 0.6) is 17.2 Å². The zero-order valence-electron chi connectivity index (χ0n) is 20.1. The first-order chi connectivity index (χ1) is 17.0. The molecular formula is C29H28N2O4. The molecule has 0 spiro atoms. The van der Waals surface area contributed by atoms with E-state index in [1.165, 1.54) is 11.6 Å². The number of fused-ring (bicyclic) bond motifs is 2. The smallest absolute Gasteiger partial charge is 0.231 e. The van der Waals surface area contributed by atoms with Crippen molar-refractivity contribution in [3.63, 3.8) is 0 Å². The highest BCUT2D eigenvalue weighted by Crippen LogP contribution is 2.39. The summed E-state index contributed by atoms with van der Waals surface area (Å²) in [7, 11) is 3.67. The van der Waals surface area contributed by atoms with Gasteiger partial charge in [-0.25, -0.2) is 0 Å². The molecule has 178 valence electrons. The number of aryl methyl sites for hydroxylation is 1. The van der Waals surface area contributed by atoms with Gasteiger partial charge in [-0.2, -0.15) is 0 Å². The predicted octanol–water partition coefficient (Wildman–Crippen LogP) is 3.57. The van der Waals surface area contributed by atoms with Crippen LogP contribution >= 0.6 is 0 Å². The molecule has 0 fully saturated rings. The second kappa shape index (κ2) is 9.31. The second-order valence-corrected chi connectivity index (χ2v) is 8.91. The Balaban J connectivity index is 1.48. The molecule has 6 heteroatoms. The number of Topliss-reactive ketones (excluding diaryl/α,β-unsaturated/α-hetero) is 1. The summed E-state index contributed by atoms with van der Waals surface area (Å²) in [5.74, 6) is 1.04. The Morgan fingerprint density at radius 1 is 1.09 bits per heavy atom. The molecule has 5 rings (SSSR count). The van der Waals surface area contributed by atoms with Crippen molar-refractivity contribution in [1.29, 1.82) is 0 Å². The molecule has 1 aliphatic heterocycles. The predicted molar refractivity (Wildman–Crippen MR) is 134 cm³/mol. The first-order valence-electron chi connectivity index (χ1n) is 11.8. The fourth-order valence-corrected chi connectivity index (χ4v) is 4.71. The molecule has 3 aromatic carbocycles. The van der Waals surface area contributed by atoms with Gasteiger partial charge in [0, 0.05) is 40.3 Å². The Kier molecular flexibility index (Phi) is 6.05. The van der Waals surface area contributed by atoms with Gasteiger partial charge in [-0.05, 0) is 37.3 Å². The van der Waals surface area contributed by atoms with Gasteiger partial charge >= 0.3 is 0 Å². The van der Waals surface area contributed by atoms with Crippen molar-refractivity contribution < 1.29 is 24.3 Å². The van der Waals surface area contributed by atoms with Crippen molar-refractivity contribution >= 4 is 22.8 Å². The molecule has 1 aliphatic rings. The van der Waals surface area contributed by atoms with E-state index in [0.29, 0.717) is 23.4 Å². The van der Waals surface area contributed by atoms with Crippen LogP contribution in [0.4, 0.5) is 0 Å². The summed E-state index contributed by atoms with van der Waals surface area (Å²) in [6, 6.07) is 19.1. The van der Waals surface area contributed by atoms with Crippen LogP contribution in [0.15, 0.2) is 72.6 Å². The van der Waals surface area contributed by atoms with Gasteiger partial charge < -0.3 is 24.0 Å². The number of rotatable bonds is 7. The number of quaternary nitrogens is 1. The molecule has 0 amide bonds. The average molecular weight is 469 g/mol. The maximum atomic E-state index is 13.2. The maximum absolute atomic E-state index is 13.2. The molecule has 1 unspecified atom stereocenters. The summed E-state index contributed by atoms with van der Waals surface area (Å²) in [5, 5.41) is 13.8. The standard InChI is InChI=1S/C29H28N2O4/c1-4-31-17-20(23-15-21(34-3)10-12-25(23)31)14-27-28(33)22-11-13-26(32)24(29(22)35-27)18-30(2)16-19-8-6-5-7-9-19/h5-15,17,32H,4,16,18H2,1-3H3. The quantitative estimate of drug-likeness (QED) is 0.421. The number of benzene rings is 3. The van der Waals surface area contributed by atoms with E-state index < -0.39 is 0 Å². The average Bonchev–Trinajstić information content (AvgIpc) is 3.38.